The van der Waals surface area contributed by atoms with E-state index in [2.05, 4.69) is 11.9 Å². The monoisotopic (exact) mass is 379 g/mol. The molecule has 0 unspecified atom stereocenters. The van der Waals surface area contributed by atoms with Gasteiger partial charge in [0.05, 0.1) is 17.8 Å². The number of hydrogen-bond acceptors (Lipinski definition) is 2. The van der Waals surface area contributed by atoms with E-state index >= 15 is 0 Å². The Kier molecular flexibility index (Phi) is 7.83. The van der Waals surface area contributed by atoms with Crippen molar-refractivity contribution in [1.82, 2.24) is 4.98 Å². The zero-order valence-electron chi connectivity index (χ0n) is 16.8. The second kappa shape index (κ2) is 10.8. The first kappa shape index (κ1) is 20.3. The predicted molar refractivity (Wildman–Crippen MR) is 115 cm³/mol. The van der Waals surface area contributed by atoms with Crippen molar-refractivity contribution in [2.45, 2.75) is 58.3 Å². The Balaban J connectivity index is 1.63. The molecule has 3 aromatic rings. The van der Waals surface area contributed by atoms with Crippen LogP contribution in [0.4, 0.5) is 4.39 Å². The van der Waals surface area contributed by atoms with E-state index in [4.69, 9.17) is 4.74 Å². The van der Waals surface area contributed by atoms with E-state index in [0.717, 1.165) is 23.1 Å². The molecule has 0 fully saturated rings. The number of unbranched alkanes of at least 4 members (excludes halogenated alkanes) is 7. The van der Waals surface area contributed by atoms with Gasteiger partial charge in [-0.15, -0.1) is 0 Å². The van der Waals surface area contributed by atoms with E-state index in [0.29, 0.717) is 17.9 Å². The van der Waals surface area contributed by atoms with Gasteiger partial charge in [-0.2, -0.15) is 0 Å². The average molecular weight is 380 g/mol. The molecule has 0 saturated carbocycles. The number of pyridine rings is 1. The maximum absolute atomic E-state index is 14.2. The Morgan fingerprint density at radius 2 is 1.50 bits per heavy atom. The van der Waals surface area contributed by atoms with Crippen molar-refractivity contribution in [3.63, 3.8) is 0 Å². The first-order valence-electron chi connectivity index (χ1n) is 10.6. The number of nitrogens with zero attached hydrogens (tertiary/aromatic N) is 1. The zero-order chi connectivity index (χ0) is 19.6. The second-order valence-electron chi connectivity index (χ2n) is 7.33. The van der Waals surface area contributed by atoms with Gasteiger partial charge in [0, 0.05) is 17.0 Å². The Labute approximate surface area is 167 Å². The van der Waals surface area contributed by atoms with Gasteiger partial charge in [-0.3, -0.25) is 0 Å². The van der Waals surface area contributed by atoms with Gasteiger partial charge in [0.25, 0.3) is 0 Å². The van der Waals surface area contributed by atoms with Crippen LogP contribution in [0, 0.1) is 5.82 Å². The highest BCUT2D eigenvalue weighted by molar-refractivity contribution is 5.87. The summed E-state index contributed by atoms with van der Waals surface area (Å²) in [5.41, 5.74) is 1.95. The van der Waals surface area contributed by atoms with Crippen LogP contribution in [0.25, 0.3) is 22.2 Å². The molecule has 148 valence electrons. The highest BCUT2D eigenvalue weighted by Gasteiger charge is 2.11. The van der Waals surface area contributed by atoms with Crippen LogP contribution >= 0.6 is 0 Å². The van der Waals surface area contributed by atoms with Crippen molar-refractivity contribution >= 4 is 10.9 Å². The highest BCUT2D eigenvalue weighted by Crippen LogP contribution is 2.31. The maximum Gasteiger partial charge on any atom is 0.132 e. The number of aromatic nitrogens is 1. The topological polar surface area (TPSA) is 22.1 Å². The molecule has 2 nitrogen and oxygen atoms in total. The first-order chi connectivity index (χ1) is 13.8. The molecule has 0 aliphatic heterocycles. The molecule has 0 radical (unpaired) electrons. The molecular weight excluding hydrogens is 349 g/mol. The van der Waals surface area contributed by atoms with Crippen molar-refractivity contribution < 1.29 is 9.13 Å². The van der Waals surface area contributed by atoms with Crippen LogP contribution in [0.5, 0.6) is 5.75 Å². The predicted octanol–water partition coefficient (Wildman–Crippen LogP) is 7.56. The number of hydrogen-bond donors (Lipinski definition) is 0. The number of fused-ring (bicyclic) bond motifs is 1. The summed E-state index contributed by atoms with van der Waals surface area (Å²) in [5, 5.41) is 0.974. The lowest BCUT2D eigenvalue weighted by Gasteiger charge is -2.12. The van der Waals surface area contributed by atoms with Gasteiger partial charge in [0.2, 0.25) is 0 Å². The van der Waals surface area contributed by atoms with Gasteiger partial charge in [-0.25, -0.2) is 9.37 Å². The normalized spacial score (nSPS) is 11.1. The maximum atomic E-state index is 14.2. The SMILES string of the molecule is CCCCCCCCCCOc1cc(-c2ccccc2F)nc2ccccc12. The lowest BCUT2D eigenvalue weighted by Crippen LogP contribution is -2.00. The van der Waals surface area contributed by atoms with Crippen LogP contribution in [0.1, 0.15) is 58.3 Å². The van der Waals surface area contributed by atoms with Gasteiger partial charge in [-0.05, 0) is 30.7 Å². The lowest BCUT2D eigenvalue weighted by atomic mass is 10.1. The molecule has 0 bridgehead atoms. The third-order valence-corrected chi connectivity index (χ3v) is 5.08. The second-order valence-corrected chi connectivity index (χ2v) is 7.33. The van der Waals surface area contributed by atoms with Crippen LogP contribution < -0.4 is 4.74 Å². The van der Waals surface area contributed by atoms with Gasteiger partial charge in [0.1, 0.15) is 11.6 Å². The summed E-state index contributed by atoms with van der Waals surface area (Å²) in [6, 6.07) is 16.5. The van der Waals surface area contributed by atoms with Crippen molar-refractivity contribution in [3.8, 4) is 17.0 Å². The smallest absolute Gasteiger partial charge is 0.132 e. The molecule has 0 aliphatic rings. The summed E-state index contributed by atoms with van der Waals surface area (Å²) in [5.74, 6) is 0.520. The third-order valence-electron chi connectivity index (χ3n) is 5.08. The molecule has 1 aromatic heterocycles. The van der Waals surface area contributed by atoms with E-state index in [1.807, 2.05) is 36.4 Å². The molecule has 0 amide bonds. The summed E-state index contributed by atoms with van der Waals surface area (Å²) in [6.07, 6.45) is 10.2. The number of halogens is 1. The minimum Gasteiger partial charge on any atom is -0.493 e. The van der Waals surface area contributed by atoms with E-state index in [1.165, 1.54) is 51.0 Å². The van der Waals surface area contributed by atoms with Crippen LogP contribution in [0.3, 0.4) is 0 Å². The zero-order valence-corrected chi connectivity index (χ0v) is 16.8. The Morgan fingerprint density at radius 1 is 0.821 bits per heavy atom. The Morgan fingerprint density at radius 3 is 2.29 bits per heavy atom. The summed E-state index contributed by atoms with van der Waals surface area (Å²) < 4.78 is 20.3. The van der Waals surface area contributed by atoms with Crippen LogP contribution in [0.15, 0.2) is 54.6 Å². The number of benzene rings is 2. The summed E-state index contributed by atoms with van der Waals surface area (Å²) in [6.45, 7) is 2.93. The largest absolute Gasteiger partial charge is 0.493 e. The van der Waals surface area contributed by atoms with Crippen LogP contribution in [0.2, 0.25) is 0 Å². The summed E-state index contributed by atoms with van der Waals surface area (Å²) >= 11 is 0. The fourth-order valence-electron chi connectivity index (χ4n) is 3.49. The van der Waals surface area contributed by atoms with E-state index in [1.54, 1.807) is 12.1 Å². The number of para-hydroxylation sites is 1. The molecule has 2 aromatic carbocycles. The van der Waals surface area contributed by atoms with Crippen molar-refractivity contribution in [1.29, 1.82) is 0 Å². The molecular formula is C25H30FNO. The van der Waals surface area contributed by atoms with Crippen molar-refractivity contribution in [3.05, 3.63) is 60.4 Å². The van der Waals surface area contributed by atoms with E-state index in [-0.39, 0.29) is 5.82 Å². The van der Waals surface area contributed by atoms with Crippen molar-refractivity contribution in [2.24, 2.45) is 0 Å². The summed E-state index contributed by atoms with van der Waals surface area (Å²) in [4.78, 5) is 4.64. The lowest BCUT2D eigenvalue weighted by molar-refractivity contribution is 0.307. The molecule has 1 heterocycles. The van der Waals surface area contributed by atoms with Gasteiger partial charge < -0.3 is 4.74 Å². The molecule has 0 spiro atoms. The van der Waals surface area contributed by atoms with E-state index < -0.39 is 0 Å². The average Bonchev–Trinajstić information content (AvgIpc) is 2.72. The van der Waals surface area contributed by atoms with Gasteiger partial charge >= 0.3 is 0 Å². The molecule has 0 N–H and O–H groups in total. The van der Waals surface area contributed by atoms with E-state index in [9.17, 15) is 4.39 Å². The fourth-order valence-corrected chi connectivity index (χ4v) is 3.49. The molecule has 3 rings (SSSR count). The first-order valence-corrected chi connectivity index (χ1v) is 10.6. The fraction of sp³-hybridized carbons (Fsp3) is 0.400. The minimum absolute atomic E-state index is 0.265. The highest BCUT2D eigenvalue weighted by atomic mass is 19.1. The quantitative estimate of drug-likeness (QED) is 0.321. The number of rotatable bonds is 11. The minimum atomic E-state index is -0.265. The standard InChI is InChI=1S/C25H30FNO/c1-2-3-4-5-6-7-8-13-18-28-25-19-24(20-14-9-11-16-22(20)26)27-23-17-12-10-15-21(23)25/h9-12,14-17,19H,2-8,13,18H2,1H3. The Hall–Kier alpha value is -2.42. The molecule has 0 saturated heterocycles. The third kappa shape index (κ3) is 5.54. The van der Waals surface area contributed by atoms with Gasteiger partial charge in [0.15, 0.2) is 0 Å². The number of ether oxygens (including phenoxy) is 1. The van der Waals surface area contributed by atoms with Crippen LogP contribution in [-0.4, -0.2) is 11.6 Å². The van der Waals surface area contributed by atoms with Crippen molar-refractivity contribution in [2.75, 3.05) is 6.61 Å². The molecule has 3 heteroatoms. The molecule has 28 heavy (non-hydrogen) atoms. The van der Waals surface area contributed by atoms with Gasteiger partial charge in [-0.1, -0.05) is 76.1 Å². The molecule has 0 atom stereocenters. The Bertz CT molecular complexity index is 877. The summed E-state index contributed by atoms with van der Waals surface area (Å²) in [7, 11) is 0. The molecule has 0 aliphatic carbocycles. The van der Waals surface area contributed by atoms with Crippen LogP contribution in [-0.2, 0) is 0 Å².